The van der Waals surface area contributed by atoms with Crippen molar-refractivity contribution in [1.29, 1.82) is 0 Å². The molecule has 1 amide bonds. The molecule has 2 heterocycles. The quantitative estimate of drug-likeness (QED) is 0.856. The minimum absolute atomic E-state index is 0.245. The van der Waals surface area contributed by atoms with Crippen molar-refractivity contribution < 1.29 is 19.1 Å². The first-order valence-corrected chi connectivity index (χ1v) is 6.22. The first kappa shape index (κ1) is 13.4. The Balaban J connectivity index is 2.22. The number of carbonyl (C=O) groups is 2. The van der Waals surface area contributed by atoms with Gasteiger partial charge in [0.15, 0.2) is 11.9 Å². The fraction of sp³-hybridized carbons (Fsp3) is 0.133. The van der Waals surface area contributed by atoms with Gasteiger partial charge in [0.2, 0.25) is 0 Å². The van der Waals surface area contributed by atoms with Crippen molar-refractivity contribution >= 4 is 23.6 Å². The van der Waals surface area contributed by atoms with Crippen molar-refractivity contribution in [1.82, 2.24) is 4.98 Å². The average molecular weight is 286 g/mol. The van der Waals surface area contributed by atoms with Crippen molar-refractivity contribution in [3.05, 3.63) is 53.6 Å². The second kappa shape index (κ2) is 4.46. The number of aldehydes is 1. The Labute approximate surface area is 119 Å². The molecule has 3 rings (SSSR count). The predicted octanol–water partition coefficient (Wildman–Crippen LogP) is 1.92. The number of halogens is 1. The van der Waals surface area contributed by atoms with E-state index in [0.717, 1.165) is 0 Å². The van der Waals surface area contributed by atoms with E-state index in [9.17, 15) is 19.1 Å². The van der Waals surface area contributed by atoms with Crippen LogP contribution in [0.5, 0.6) is 0 Å². The number of pyridine rings is 1. The van der Waals surface area contributed by atoms with Crippen LogP contribution in [-0.4, -0.2) is 22.3 Å². The molecule has 0 bridgehead atoms. The highest BCUT2D eigenvalue weighted by atomic mass is 19.1. The summed E-state index contributed by atoms with van der Waals surface area (Å²) >= 11 is 0. The molecule has 0 fully saturated rings. The molecule has 0 saturated carbocycles. The van der Waals surface area contributed by atoms with Gasteiger partial charge >= 0.3 is 0 Å². The molecule has 1 aliphatic heterocycles. The standard InChI is InChI=1S/C15H11FN2O3/c1-15(21)12-3-2-10(16)5-13(12)18(14(15)20)11-4-9(8-19)6-17-7-11/h2-8,21H,1H3. The van der Waals surface area contributed by atoms with Crippen LogP contribution in [-0.2, 0) is 10.4 Å². The summed E-state index contributed by atoms with van der Waals surface area (Å²) in [6, 6.07) is 5.18. The molecule has 0 spiro atoms. The van der Waals surface area contributed by atoms with E-state index in [-0.39, 0.29) is 11.3 Å². The lowest BCUT2D eigenvalue weighted by Gasteiger charge is -2.19. The van der Waals surface area contributed by atoms with Crippen LogP contribution >= 0.6 is 0 Å². The second-order valence-electron chi connectivity index (χ2n) is 4.97. The van der Waals surface area contributed by atoms with Gasteiger partial charge in [-0.2, -0.15) is 0 Å². The van der Waals surface area contributed by atoms with Crippen molar-refractivity contribution in [3.63, 3.8) is 0 Å². The van der Waals surface area contributed by atoms with Crippen LogP contribution in [0.4, 0.5) is 15.8 Å². The summed E-state index contributed by atoms with van der Waals surface area (Å²) in [4.78, 5) is 28.3. The summed E-state index contributed by atoms with van der Waals surface area (Å²) < 4.78 is 13.5. The molecule has 0 saturated heterocycles. The van der Waals surface area contributed by atoms with E-state index in [0.29, 0.717) is 17.5 Å². The van der Waals surface area contributed by atoms with Gasteiger partial charge in [-0.25, -0.2) is 4.39 Å². The minimum Gasteiger partial charge on any atom is -0.375 e. The third kappa shape index (κ3) is 1.92. The minimum atomic E-state index is -1.75. The van der Waals surface area contributed by atoms with Crippen LogP contribution < -0.4 is 4.90 Å². The number of nitrogens with zero attached hydrogens (tertiary/aromatic N) is 2. The highest BCUT2D eigenvalue weighted by Gasteiger charge is 2.47. The van der Waals surface area contributed by atoms with E-state index in [1.807, 2.05) is 0 Å². The zero-order valence-corrected chi connectivity index (χ0v) is 11.1. The fourth-order valence-corrected chi connectivity index (χ4v) is 2.43. The van der Waals surface area contributed by atoms with Gasteiger partial charge in [-0.3, -0.25) is 19.5 Å². The molecule has 2 aromatic rings. The number of hydrogen-bond donors (Lipinski definition) is 1. The summed E-state index contributed by atoms with van der Waals surface area (Å²) in [5.74, 6) is -1.14. The maximum absolute atomic E-state index is 13.5. The third-order valence-corrected chi connectivity index (χ3v) is 3.48. The van der Waals surface area contributed by atoms with Crippen LogP contribution in [0.2, 0.25) is 0 Å². The van der Waals surface area contributed by atoms with Crippen LogP contribution in [0.25, 0.3) is 0 Å². The SMILES string of the molecule is CC1(O)C(=O)N(c2cncc(C=O)c2)c2cc(F)ccc21. The Morgan fingerprint density at radius 3 is 2.81 bits per heavy atom. The summed E-state index contributed by atoms with van der Waals surface area (Å²) in [6.45, 7) is 1.35. The van der Waals surface area contributed by atoms with E-state index < -0.39 is 17.3 Å². The number of fused-ring (bicyclic) bond motifs is 1. The van der Waals surface area contributed by atoms with E-state index in [1.165, 1.54) is 48.5 Å². The molecule has 5 nitrogen and oxygen atoms in total. The number of carbonyl (C=O) groups excluding carboxylic acids is 2. The third-order valence-electron chi connectivity index (χ3n) is 3.48. The van der Waals surface area contributed by atoms with E-state index in [1.54, 1.807) is 0 Å². The molecule has 1 aromatic heterocycles. The molecule has 1 atom stereocenters. The zero-order chi connectivity index (χ0) is 15.2. The normalized spacial score (nSPS) is 20.5. The summed E-state index contributed by atoms with van der Waals surface area (Å²) in [6.07, 6.45) is 3.32. The molecule has 106 valence electrons. The average Bonchev–Trinajstić information content (AvgIpc) is 2.66. The summed E-state index contributed by atoms with van der Waals surface area (Å²) in [5.41, 5.74) is -0.612. The Bertz CT molecular complexity index is 758. The molecular formula is C15H11FN2O3. The number of aliphatic hydroxyl groups is 1. The van der Waals surface area contributed by atoms with Crippen molar-refractivity contribution in [2.45, 2.75) is 12.5 Å². The van der Waals surface area contributed by atoms with Crippen molar-refractivity contribution in [2.24, 2.45) is 0 Å². The molecular weight excluding hydrogens is 275 g/mol. The molecule has 1 unspecified atom stereocenters. The Morgan fingerprint density at radius 2 is 2.10 bits per heavy atom. The van der Waals surface area contributed by atoms with Gasteiger partial charge in [0, 0.05) is 17.3 Å². The number of hydrogen-bond acceptors (Lipinski definition) is 4. The fourth-order valence-electron chi connectivity index (χ4n) is 2.43. The van der Waals surface area contributed by atoms with E-state index in [4.69, 9.17) is 0 Å². The molecule has 0 radical (unpaired) electrons. The van der Waals surface area contributed by atoms with Crippen LogP contribution in [0.3, 0.4) is 0 Å². The van der Waals surface area contributed by atoms with Crippen LogP contribution in [0.15, 0.2) is 36.7 Å². The highest BCUT2D eigenvalue weighted by Crippen LogP contribution is 2.44. The van der Waals surface area contributed by atoms with E-state index >= 15 is 0 Å². The summed E-state index contributed by atoms with van der Waals surface area (Å²) in [7, 11) is 0. The number of aromatic nitrogens is 1. The topological polar surface area (TPSA) is 70.5 Å². The number of amides is 1. The van der Waals surface area contributed by atoms with Gasteiger partial charge in [-0.05, 0) is 25.1 Å². The summed E-state index contributed by atoms with van der Waals surface area (Å²) in [5, 5.41) is 10.4. The lowest BCUT2D eigenvalue weighted by Crippen LogP contribution is -2.35. The first-order valence-electron chi connectivity index (χ1n) is 6.22. The van der Waals surface area contributed by atoms with Gasteiger partial charge < -0.3 is 5.11 Å². The van der Waals surface area contributed by atoms with Crippen LogP contribution in [0.1, 0.15) is 22.8 Å². The van der Waals surface area contributed by atoms with Crippen molar-refractivity contribution in [2.75, 3.05) is 4.90 Å². The molecule has 0 aliphatic carbocycles. The van der Waals surface area contributed by atoms with Gasteiger partial charge in [-0.1, -0.05) is 6.07 Å². The Morgan fingerprint density at radius 1 is 1.33 bits per heavy atom. The lowest BCUT2D eigenvalue weighted by molar-refractivity contribution is -0.133. The first-order chi connectivity index (χ1) is 9.95. The Hall–Kier alpha value is -2.60. The van der Waals surface area contributed by atoms with Crippen LogP contribution in [0, 0.1) is 5.82 Å². The predicted molar refractivity (Wildman–Crippen MR) is 72.7 cm³/mol. The van der Waals surface area contributed by atoms with Gasteiger partial charge in [0.05, 0.1) is 17.6 Å². The largest absolute Gasteiger partial charge is 0.375 e. The smallest absolute Gasteiger partial charge is 0.267 e. The van der Waals surface area contributed by atoms with Gasteiger partial charge in [0.1, 0.15) is 5.82 Å². The molecule has 1 N–H and O–H groups in total. The van der Waals surface area contributed by atoms with Crippen molar-refractivity contribution in [3.8, 4) is 0 Å². The molecule has 1 aliphatic rings. The molecule has 6 heteroatoms. The lowest BCUT2D eigenvalue weighted by atomic mass is 9.98. The highest BCUT2D eigenvalue weighted by molar-refractivity contribution is 6.11. The zero-order valence-electron chi connectivity index (χ0n) is 11.1. The number of rotatable bonds is 2. The Kier molecular flexibility index (Phi) is 2.84. The maximum atomic E-state index is 13.5. The maximum Gasteiger partial charge on any atom is 0.267 e. The van der Waals surface area contributed by atoms with E-state index in [2.05, 4.69) is 4.98 Å². The molecule has 21 heavy (non-hydrogen) atoms. The number of anilines is 2. The monoisotopic (exact) mass is 286 g/mol. The molecule has 1 aromatic carbocycles. The second-order valence-corrected chi connectivity index (χ2v) is 4.97. The number of benzene rings is 1. The van der Waals surface area contributed by atoms with Gasteiger partial charge in [0.25, 0.3) is 5.91 Å². The van der Waals surface area contributed by atoms with Gasteiger partial charge in [-0.15, -0.1) is 0 Å².